The van der Waals surface area contributed by atoms with Crippen molar-refractivity contribution in [1.29, 1.82) is 0 Å². The molecule has 100 valence electrons. The Balaban J connectivity index is 2.13. The van der Waals surface area contributed by atoms with E-state index in [1.165, 1.54) is 12.8 Å². The first-order chi connectivity index (χ1) is 8.58. The summed E-state index contributed by atoms with van der Waals surface area (Å²) in [6, 6.07) is 6.23. The smallest absolute Gasteiger partial charge is 0.146 e. The molecule has 0 saturated carbocycles. The zero-order valence-corrected chi connectivity index (χ0v) is 11.5. The zero-order valence-electron chi connectivity index (χ0n) is 11.5. The van der Waals surface area contributed by atoms with Crippen molar-refractivity contribution < 1.29 is 4.39 Å². The van der Waals surface area contributed by atoms with Crippen LogP contribution in [-0.2, 0) is 0 Å². The highest BCUT2D eigenvalue weighted by atomic mass is 19.1. The van der Waals surface area contributed by atoms with Gasteiger partial charge in [0.15, 0.2) is 0 Å². The van der Waals surface area contributed by atoms with Gasteiger partial charge in [0.2, 0.25) is 0 Å². The Hall–Kier alpha value is -1.09. The molecule has 1 atom stereocenters. The van der Waals surface area contributed by atoms with Crippen molar-refractivity contribution in [1.82, 2.24) is 5.32 Å². The molecule has 0 aliphatic carbocycles. The van der Waals surface area contributed by atoms with Gasteiger partial charge in [-0.3, -0.25) is 0 Å². The largest absolute Gasteiger partial charge is 0.369 e. The summed E-state index contributed by atoms with van der Waals surface area (Å²) in [5.74, 6) is -0.0909. The number of nitrogens with zero attached hydrogens (tertiary/aromatic N) is 1. The van der Waals surface area contributed by atoms with Crippen molar-refractivity contribution in [3.63, 3.8) is 0 Å². The summed E-state index contributed by atoms with van der Waals surface area (Å²) < 4.78 is 14.1. The summed E-state index contributed by atoms with van der Waals surface area (Å²) in [7, 11) is 0. The summed E-state index contributed by atoms with van der Waals surface area (Å²) in [6.45, 7) is 8.24. The van der Waals surface area contributed by atoms with Gasteiger partial charge in [-0.25, -0.2) is 4.39 Å². The van der Waals surface area contributed by atoms with Gasteiger partial charge in [-0.15, -0.1) is 0 Å². The Kier molecular flexibility index (Phi) is 4.23. The van der Waals surface area contributed by atoms with Crippen LogP contribution in [0.15, 0.2) is 18.2 Å². The SMILES string of the molecule is CC(C)N[C@H](C)c1ccc(N2CCCC2)c(F)c1. The molecule has 0 aromatic heterocycles. The first kappa shape index (κ1) is 13.3. The molecular weight excluding hydrogens is 227 g/mol. The molecule has 2 rings (SSSR count). The van der Waals surface area contributed by atoms with E-state index in [9.17, 15) is 4.39 Å². The molecule has 1 N–H and O–H groups in total. The molecule has 1 aromatic rings. The molecule has 1 aromatic carbocycles. The first-order valence-corrected chi connectivity index (χ1v) is 6.88. The van der Waals surface area contributed by atoms with E-state index in [-0.39, 0.29) is 11.9 Å². The lowest BCUT2D eigenvalue weighted by Gasteiger charge is -2.21. The molecule has 0 spiro atoms. The molecule has 18 heavy (non-hydrogen) atoms. The normalized spacial score (nSPS) is 17.5. The molecule has 3 heteroatoms. The second kappa shape index (κ2) is 5.70. The van der Waals surface area contributed by atoms with Gasteiger partial charge in [-0.2, -0.15) is 0 Å². The lowest BCUT2D eigenvalue weighted by molar-refractivity contribution is 0.503. The molecule has 0 unspecified atom stereocenters. The summed E-state index contributed by atoms with van der Waals surface area (Å²) in [5.41, 5.74) is 1.78. The van der Waals surface area contributed by atoms with Gasteiger partial charge >= 0.3 is 0 Å². The highest BCUT2D eigenvalue weighted by Gasteiger charge is 2.17. The van der Waals surface area contributed by atoms with E-state index in [1.807, 2.05) is 12.1 Å². The predicted molar refractivity (Wildman–Crippen MR) is 74.5 cm³/mol. The number of benzene rings is 1. The van der Waals surface area contributed by atoms with Crippen LogP contribution in [0.3, 0.4) is 0 Å². The van der Waals surface area contributed by atoms with Crippen LogP contribution in [0, 0.1) is 5.82 Å². The van der Waals surface area contributed by atoms with Gasteiger partial charge in [0.25, 0.3) is 0 Å². The van der Waals surface area contributed by atoms with Crippen LogP contribution in [0.1, 0.15) is 45.2 Å². The molecule has 1 fully saturated rings. The van der Waals surface area contributed by atoms with Crippen molar-refractivity contribution in [2.75, 3.05) is 18.0 Å². The third kappa shape index (κ3) is 3.02. The van der Waals surface area contributed by atoms with E-state index >= 15 is 0 Å². The number of anilines is 1. The van der Waals surface area contributed by atoms with E-state index in [0.29, 0.717) is 6.04 Å². The van der Waals surface area contributed by atoms with Gasteiger partial charge in [0.1, 0.15) is 5.82 Å². The second-order valence-electron chi connectivity index (χ2n) is 5.45. The number of nitrogens with one attached hydrogen (secondary N) is 1. The van der Waals surface area contributed by atoms with E-state index in [4.69, 9.17) is 0 Å². The quantitative estimate of drug-likeness (QED) is 0.880. The summed E-state index contributed by atoms with van der Waals surface area (Å²) in [5, 5.41) is 3.39. The second-order valence-corrected chi connectivity index (χ2v) is 5.45. The fraction of sp³-hybridized carbons (Fsp3) is 0.600. The minimum atomic E-state index is -0.0909. The van der Waals surface area contributed by atoms with Crippen LogP contribution < -0.4 is 10.2 Å². The predicted octanol–water partition coefficient (Wildman–Crippen LogP) is 3.48. The number of rotatable bonds is 4. The zero-order chi connectivity index (χ0) is 13.1. The van der Waals surface area contributed by atoms with E-state index in [0.717, 1.165) is 24.3 Å². The molecule has 0 radical (unpaired) electrons. The highest BCUT2D eigenvalue weighted by Crippen LogP contribution is 2.26. The van der Waals surface area contributed by atoms with Crippen molar-refractivity contribution in [2.45, 2.75) is 45.7 Å². The molecule has 1 aliphatic rings. The summed E-state index contributed by atoms with van der Waals surface area (Å²) >= 11 is 0. The lowest BCUT2D eigenvalue weighted by atomic mass is 10.1. The summed E-state index contributed by atoms with van der Waals surface area (Å²) in [6.07, 6.45) is 2.35. The minimum absolute atomic E-state index is 0.0909. The Morgan fingerprint density at radius 3 is 2.39 bits per heavy atom. The van der Waals surface area contributed by atoms with Gasteiger partial charge in [-0.05, 0) is 37.5 Å². The fourth-order valence-electron chi connectivity index (χ4n) is 2.60. The van der Waals surface area contributed by atoms with Crippen LogP contribution in [0.25, 0.3) is 0 Å². The number of hydrogen-bond acceptors (Lipinski definition) is 2. The molecule has 1 aliphatic heterocycles. The monoisotopic (exact) mass is 250 g/mol. The molecular formula is C15H23FN2. The van der Waals surface area contributed by atoms with Gasteiger partial charge in [0.05, 0.1) is 5.69 Å². The molecule has 2 nitrogen and oxygen atoms in total. The van der Waals surface area contributed by atoms with Crippen LogP contribution in [0.5, 0.6) is 0 Å². The van der Waals surface area contributed by atoms with E-state index < -0.39 is 0 Å². The number of halogens is 1. The molecule has 1 saturated heterocycles. The standard InChI is InChI=1S/C15H23FN2/c1-11(2)17-12(3)13-6-7-15(14(16)10-13)18-8-4-5-9-18/h6-7,10-12,17H,4-5,8-9H2,1-3H3/t12-/m1/s1. The fourth-order valence-corrected chi connectivity index (χ4v) is 2.60. The van der Waals surface area contributed by atoms with Crippen molar-refractivity contribution >= 4 is 5.69 Å². The van der Waals surface area contributed by atoms with Gasteiger partial charge < -0.3 is 10.2 Å². The maximum atomic E-state index is 14.1. The number of hydrogen-bond donors (Lipinski definition) is 1. The van der Waals surface area contributed by atoms with Crippen LogP contribution in [0.2, 0.25) is 0 Å². The van der Waals surface area contributed by atoms with Gasteiger partial charge in [-0.1, -0.05) is 19.9 Å². The molecule has 0 bridgehead atoms. The topological polar surface area (TPSA) is 15.3 Å². The lowest BCUT2D eigenvalue weighted by Crippen LogP contribution is -2.26. The van der Waals surface area contributed by atoms with Crippen LogP contribution >= 0.6 is 0 Å². The highest BCUT2D eigenvalue weighted by molar-refractivity contribution is 5.50. The summed E-state index contributed by atoms with van der Waals surface area (Å²) in [4.78, 5) is 2.14. The molecule has 1 heterocycles. The first-order valence-electron chi connectivity index (χ1n) is 6.88. The Morgan fingerprint density at radius 1 is 1.17 bits per heavy atom. The molecule has 0 amide bonds. The Labute approximate surface area is 109 Å². The van der Waals surface area contributed by atoms with Crippen LogP contribution in [0.4, 0.5) is 10.1 Å². The Morgan fingerprint density at radius 2 is 1.83 bits per heavy atom. The maximum Gasteiger partial charge on any atom is 0.146 e. The third-order valence-electron chi connectivity index (χ3n) is 3.50. The minimum Gasteiger partial charge on any atom is -0.369 e. The average Bonchev–Trinajstić information content (AvgIpc) is 2.81. The van der Waals surface area contributed by atoms with Crippen molar-refractivity contribution in [2.24, 2.45) is 0 Å². The third-order valence-corrected chi connectivity index (χ3v) is 3.50. The van der Waals surface area contributed by atoms with Gasteiger partial charge in [0, 0.05) is 25.2 Å². The average molecular weight is 250 g/mol. The maximum absolute atomic E-state index is 14.1. The van der Waals surface area contributed by atoms with Crippen LogP contribution in [-0.4, -0.2) is 19.1 Å². The van der Waals surface area contributed by atoms with Crippen molar-refractivity contribution in [3.05, 3.63) is 29.6 Å². The van der Waals surface area contributed by atoms with E-state index in [2.05, 4.69) is 31.0 Å². The Bertz CT molecular complexity index is 397. The van der Waals surface area contributed by atoms with Crippen molar-refractivity contribution in [3.8, 4) is 0 Å². The van der Waals surface area contributed by atoms with E-state index in [1.54, 1.807) is 6.07 Å².